The molecule has 1 aromatic rings. The molecule has 134 valence electrons. The molecule has 0 aromatic heterocycles. The van der Waals surface area contributed by atoms with Crippen LogP contribution in [0, 0.1) is 0 Å². The molecule has 1 aromatic carbocycles. The van der Waals surface area contributed by atoms with E-state index in [9.17, 15) is 4.79 Å². The minimum absolute atomic E-state index is 0. The van der Waals surface area contributed by atoms with E-state index in [4.69, 9.17) is 5.73 Å². The Labute approximate surface area is 162 Å². The molecule has 6 heteroatoms. The maximum absolute atomic E-state index is 12.0. The molecule has 0 unspecified atom stereocenters. The van der Waals surface area contributed by atoms with Gasteiger partial charge in [0, 0.05) is 25.2 Å². The number of rotatable bonds is 6. The van der Waals surface area contributed by atoms with Crippen LogP contribution in [0.25, 0.3) is 0 Å². The highest BCUT2D eigenvalue weighted by molar-refractivity contribution is 14.0. The molecule has 0 radical (unpaired) electrons. The number of hydrogen-bond acceptors (Lipinski definition) is 2. The number of guanidine groups is 1. The van der Waals surface area contributed by atoms with Gasteiger partial charge >= 0.3 is 0 Å². The second-order valence-corrected chi connectivity index (χ2v) is 5.89. The summed E-state index contributed by atoms with van der Waals surface area (Å²) in [5.74, 6) is 0.567. The van der Waals surface area contributed by atoms with Gasteiger partial charge in [-0.1, -0.05) is 32.0 Å². The molecule has 2 rings (SSSR count). The van der Waals surface area contributed by atoms with E-state index in [-0.39, 0.29) is 29.9 Å². The maximum Gasteiger partial charge on any atom is 0.224 e. The van der Waals surface area contributed by atoms with Gasteiger partial charge in [-0.05, 0) is 36.8 Å². The molecule has 0 atom stereocenters. The minimum atomic E-state index is 0. The third-order valence-corrected chi connectivity index (χ3v) is 4.32. The van der Waals surface area contributed by atoms with Crippen molar-refractivity contribution < 1.29 is 4.79 Å². The summed E-state index contributed by atoms with van der Waals surface area (Å²) in [7, 11) is 0. The van der Waals surface area contributed by atoms with Gasteiger partial charge in [-0.3, -0.25) is 9.79 Å². The van der Waals surface area contributed by atoms with Crippen LogP contribution in [0.15, 0.2) is 23.2 Å². The molecule has 1 amide bonds. The van der Waals surface area contributed by atoms with Crippen molar-refractivity contribution in [3.63, 3.8) is 0 Å². The Morgan fingerprint density at radius 1 is 1.21 bits per heavy atom. The predicted octanol–water partition coefficient (Wildman–Crippen LogP) is 3.17. The van der Waals surface area contributed by atoms with Crippen LogP contribution in [0.5, 0.6) is 0 Å². The molecule has 5 nitrogen and oxygen atoms in total. The SMILES string of the molecule is CCc1cccc(CC)c1NC(N)=NCCC(=O)N1CCCC1.I. The lowest BCUT2D eigenvalue weighted by Crippen LogP contribution is -2.29. The highest BCUT2D eigenvalue weighted by Gasteiger charge is 2.17. The van der Waals surface area contributed by atoms with Crippen molar-refractivity contribution in [3.8, 4) is 0 Å². The number of anilines is 1. The van der Waals surface area contributed by atoms with Crippen LogP contribution in [0.1, 0.15) is 44.2 Å². The Morgan fingerprint density at radius 3 is 2.33 bits per heavy atom. The summed E-state index contributed by atoms with van der Waals surface area (Å²) in [6.07, 6.45) is 4.55. The summed E-state index contributed by atoms with van der Waals surface area (Å²) in [5, 5.41) is 3.23. The summed E-state index contributed by atoms with van der Waals surface area (Å²) in [6.45, 7) is 6.47. The lowest BCUT2D eigenvalue weighted by atomic mass is 10.0. The molecular formula is C18H29IN4O. The molecule has 0 bridgehead atoms. The Kier molecular flexibility index (Phi) is 9.10. The average Bonchev–Trinajstić information content (AvgIpc) is 3.09. The number of likely N-dealkylation sites (tertiary alicyclic amines) is 1. The van der Waals surface area contributed by atoms with Gasteiger partial charge < -0.3 is 16.0 Å². The van der Waals surface area contributed by atoms with Crippen molar-refractivity contribution in [3.05, 3.63) is 29.3 Å². The number of carbonyl (C=O) groups is 1. The van der Waals surface area contributed by atoms with Crippen LogP contribution < -0.4 is 11.1 Å². The van der Waals surface area contributed by atoms with E-state index in [1.54, 1.807) is 0 Å². The molecule has 1 saturated heterocycles. The predicted molar refractivity (Wildman–Crippen MR) is 111 cm³/mol. The molecule has 3 N–H and O–H groups in total. The number of nitrogens with zero attached hydrogens (tertiary/aromatic N) is 2. The fourth-order valence-corrected chi connectivity index (χ4v) is 2.97. The van der Waals surface area contributed by atoms with E-state index in [1.165, 1.54) is 11.1 Å². The zero-order valence-corrected chi connectivity index (χ0v) is 17.0. The second-order valence-electron chi connectivity index (χ2n) is 5.89. The summed E-state index contributed by atoms with van der Waals surface area (Å²) >= 11 is 0. The summed E-state index contributed by atoms with van der Waals surface area (Å²) in [6, 6.07) is 6.28. The number of aliphatic imine (C=N–C) groups is 1. The number of nitrogens with one attached hydrogen (secondary N) is 1. The fraction of sp³-hybridized carbons (Fsp3) is 0.556. The van der Waals surface area contributed by atoms with Gasteiger partial charge in [0.25, 0.3) is 0 Å². The highest BCUT2D eigenvalue weighted by Crippen LogP contribution is 2.22. The van der Waals surface area contributed by atoms with Crippen molar-refractivity contribution in [2.75, 3.05) is 25.0 Å². The molecule has 24 heavy (non-hydrogen) atoms. The minimum Gasteiger partial charge on any atom is -0.370 e. The van der Waals surface area contributed by atoms with Crippen molar-refractivity contribution >= 4 is 41.5 Å². The van der Waals surface area contributed by atoms with E-state index >= 15 is 0 Å². The van der Waals surface area contributed by atoms with Crippen molar-refractivity contribution in [2.45, 2.75) is 46.0 Å². The van der Waals surface area contributed by atoms with Gasteiger partial charge in [0.1, 0.15) is 0 Å². The van der Waals surface area contributed by atoms with Gasteiger partial charge in [-0.2, -0.15) is 0 Å². The van der Waals surface area contributed by atoms with E-state index in [1.807, 2.05) is 4.90 Å². The molecule has 1 fully saturated rings. The first-order valence-electron chi connectivity index (χ1n) is 8.61. The average molecular weight is 444 g/mol. The van der Waals surface area contributed by atoms with Crippen LogP contribution in [0.4, 0.5) is 5.69 Å². The van der Waals surface area contributed by atoms with E-state index in [0.29, 0.717) is 18.9 Å². The zero-order valence-electron chi connectivity index (χ0n) is 14.7. The van der Waals surface area contributed by atoms with Crippen molar-refractivity contribution in [1.29, 1.82) is 0 Å². The first-order valence-corrected chi connectivity index (χ1v) is 8.61. The standard InChI is InChI=1S/C18H28N4O.HI/c1-3-14-8-7-9-15(4-2)17(14)21-18(19)20-11-10-16(23)22-12-5-6-13-22;/h7-9H,3-6,10-13H2,1-2H3,(H3,19,20,21);1H. The number of benzene rings is 1. The first kappa shape index (κ1) is 20.7. The second kappa shape index (κ2) is 10.5. The third-order valence-electron chi connectivity index (χ3n) is 4.32. The molecule has 1 aliphatic heterocycles. The van der Waals surface area contributed by atoms with Crippen LogP contribution in [-0.4, -0.2) is 36.4 Å². The number of amides is 1. The van der Waals surface area contributed by atoms with Crippen molar-refractivity contribution in [2.24, 2.45) is 10.7 Å². The lowest BCUT2D eigenvalue weighted by molar-refractivity contribution is -0.129. The summed E-state index contributed by atoms with van der Waals surface area (Å²) < 4.78 is 0. The molecule has 0 spiro atoms. The van der Waals surface area contributed by atoms with Gasteiger partial charge in [-0.15, -0.1) is 24.0 Å². The molecule has 1 heterocycles. The zero-order chi connectivity index (χ0) is 16.7. The van der Waals surface area contributed by atoms with Crippen LogP contribution >= 0.6 is 24.0 Å². The van der Waals surface area contributed by atoms with Crippen molar-refractivity contribution in [1.82, 2.24) is 4.90 Å². The topological polar surface area (TPSA) is 70.7 Å². The van der Waals surface area contributed by atoms with Gasteiger partial charge in [0.2, 0.25) is 5.91 Å². The quantitative estimate of drug-likeness (QED) is 0.402. The molecule has 0 aliphatic carbocycles. The molecular weight excluding hydrogens is 415 g/mol. The van der Waals surface area contributed by atoms with Gasteiger partial charge in [0.15, 0.2) is 5.96 Å². The first-order chi connectivity index (χ1) is 11.2. The summed E-state index contributed by atoms with van der Waals surface area (Å²) in [4.78, 5) is 18.2. The smallest absolute Gasteiger partial charge is 0.224 e. The number of nitrogens with two attached hydrogens (primary N) is 1. The highest BCUT2D eigenvalue weighted by atomic mass is 127. The largest absolute Gasteiger partial charge is 0.370 e. The number of carbonyl (C=O) groups excluding carboxylic acids is 1. The number of hydrogen-bond donors (Lipinski definition) is 2. The molecule has 1 aliphatic rings. The third kappa shape index (κ3) is 5.65. The van der Waals surface area contributed by atoms with Crippen LogP contribution in [0.2, 0.25) is 0 Å². The number of halogens is 1. The Morgan fingerprint density at radius 2 is 1.79 bits per heavy atom. The van der Waals surface area contributed by atoms with E-state index in [0.717, 1.165) is 44.5 Å². The van der Waals surface area contributed by atoms with Gasteiger partial charge in [0.05, 0.1) is 6.54 Å². The Bertz CT molecular complexity index is 546. The van der Waals surface area contributed by atoms with E-state index < -0.39 is 0 Å². The lowest BCUT2D eigenvalue weighted by Gasteiger charge is -2.15. The van der Waals surface area contributed by atoms with Crippen LogP contribution in [-0.2, 0) is 17.6 Å². The maximum atomic E-state index is 12.0. The number of para-hydroxylation sites is 1. The van der Waals surface area contributed by atoms with Crippen LogP contribution in [0.3, 0.4) is 0 Å². The number of aryl methyl sites for hydroxylation is 2. The van der Waals surface area contributed by atoms with Gasteiger partial charge in [-0.25, -0.2) is 0 Å². The monoisotopic (exact) mass is 444 g/mol. The Balaban J connectivity index is 0.00000288. The fourth-order valence-electron chi connectivity index (χ4n) is 2.97. The Hall–Kier alpha value is -1.31. The summed E-state index contributed by atoms with van der Waals surface area (Å²) in [5.41, 5.74) is 9.53. The molecule has 0 saturated carbocycles. The normalized spacial score (nSPS) is 14.4. The van der Waals surface area contributed by atoms with E-state index in [2.05, 4.69) is 42.4 Å².